The summed E-state index contributed by atoms with van der Waals surface area (Å²) in [5, 5.41) is 0. The van der Waals surface area contributed by atoms with Crippen LogP contribution >= 0.6 is 0 Å². The third kappa shape index (κ3) is 3.60. The fourth-order valence-electron chi connectivity index (χ4n) is 3.32. The first-order valence-electron chi connectivity index (χ1n) is 8.68. The SMILES string of the molecule is CCOC(=O)N1CCN(C(=O)C2CCN(c3ccccc3)C2=O)CC1. The van der Waals surface area contributed by atoms with Gasteiger partial charge in [-0.15, -0.1) is 0 Å². The summed E-state index contributed by atoms with van der Waals surface area (Å²) in [5.74, 6) is -0.884. The molecule has 2 saturated heterocycles. The van der Waals surface area contributed by atoms with E-state index in [1.807, 2.05) is 30.3 Å². The van der Waals surface area contributed by atoms with Crippen LogP contribution in [0.2, 0.25) is 0 Å². The molecule has 2 aliphatic rings. The molecular formula is C18H23N3O4. The van der Waals surface area contributed by atoms with Crippen molar-refractivity contribution in [3.63, 3.8) is 0 Å². The summed E-state index contributed by atoms with van der Waals surface area (Å²) in [5.41, 5.74) is 0.829. The Morgan fingerprint density at radius 2 is 1.68 bits per heavy atom. The molecule has 3 rings (SSSR count). The summed E-state index contributed by atoms with van der Waals surface area (Å²) in [7, 11) is 0. The van der Waals surface area contributed by atoms with Gasteiger partial charge < -0.3 is 19.4 Å². The van der Waals surface area contributed by atoms with Gasteiger partial charge in [-0.25, -0.2) is 4.79 Å². The molecule has 0 saturated carbocycles. The summed E-state index contributed by atoms with van der Waals surface area (Å²) < 4.78 is 4.98. The van der Waals surface area contributed by atoms with Crippen molar-refractivity contribution in [3.05, 3.63) is 30.3 Å². The van der Waals surface area contributed by atoms with Crippen molar-refractivity contribution in [2.75, 3.05) is 44.2 Å². The average molecular weight is 345 g/mol. The first-order valence-corrected chi connectivity index (χ1v) is 8.68. The van der Waals surface area contributed by atoms with Gasteiger partial charge in [0.2, 0.25) is 11.8 Å². The molecule has 1 aromatic carbocycles. The molecule has 134 valence electrons. The average Bonchev–Trinajstić information content (AvgIpc) is 3.03. The summed E-state index contributed by atoms with van der Waals surface area (Å²) in [6, 6.07) is 9.42. The van der Waals surface area contributed by atoms with Crippen molar-refractivity contribution in [2.24, 2.45) is 5.92 Å². The molecule has 2 heterocycles. The van der Waals surface area contributed by atoms with Crippen LogP contribution in [0, 0.1) is 5.92 Å². The minimum atomic E-state index is -0.616. The highest BCUT2D eigenvalue weighted by atomic mass is 16.6. The van der Waals surface area contributed by atoms with Crippen molar-refractivity contribution in [1.29, 1.82) is 0 Å². The fraction of sp³-hybridized carbons (Fsp3) is 0.500. The zero-order valence-electron chi connectivity index (χ0n) is 14.4. The van der Waals surface area contributed by atoms with Gasteiger partial charge >= 0.3 is 6.09 Å². The van der Waals surface area contributed by atoms with Crippen molar-refractivity contribution < 1.29 is 19.1 Å². The molecular weight excluding hydrogens is 322 g/mol. The lowest BCUT2D eigenvalue weighted by Gasteiger charge is -2.35. The Balaban J connectivity index is 1.58. The molecule has 7 nitrogen and oxygen atoms in total. The van der Waals surface area contributed by atoms with Gasteiger partial charge in [0.1, 0.15) is 5.92 Å². The van der Waals surface area contributed by atoms with Crippen LogP contribution in [0.15, 0.2) is 30.3 Å². The Morgan fingerprint density at radius 3 is 2.32 bits per heavy atom. The van der Waals surface area contributed by atoms with Crippen LogP contribution in [-0.2, 0) is 14.3 Å². The number of ether oxygens (including phenoxy) is 1. The summed E-state index contributed by atoms with van der Waals surface area (Å²) in [4.78, 5) is 42.1. The van der Waals surface area contributed by atoms with Gasteiger partial charge in [0.15, 0.2) is 0 Å². The summed E-state index contributed by atoms with van der Waals surface area (Å²) in [6.45, 7) is 4.41. The van der Waals surface area contributed by atoms with Gasteiger partial charge in [-0.05, 0) is 25.5 Å². The third-order valence-corrected chi connectivity index (χ3v) is 4.69. The monoisotopic (exact) mass is 345 g/mol. The molecule has 0 radical (unpaired) electrons. The van der Waals surface area contributed by atoms with E-state index in [0.29, 0.717) is 45.8 Å². The first kappa shape index (κ1) is 17.3. The zero-order chi connectivity index (χ0) is 17.8. The number of nitrogens with zero attached hydrogens (tertiary/aromatic N) is 3. The molecule has 1 aromatic rings. The standard InChI is InChI=1S/C18H23N3O4/c1-2-25-18(24)20-12-10-19(11-13-20)16(22)15-8-9-21(17(15)23)14-6-4-3-5-7-14/h3-7,15H,2,8-13H2,1H3. The van der Waals surface area contributed by atoms with Crippen molar-refractivity contribution in [2.45, 2.75) is 13.3 Å². The van der Waals surface area contributed by atoms with Crippen LogP contribution in [0.5, 0.6) is 0 Å². The van der Waals surface area contributed by atoms with Crippen molar-refractivity contribution >= 4 is 23.6 Å². The lowest BCUT2D eigenvalue weighted by Crippen LogP contribution is -2.52. The highest BCUT2D eigenvalue weighted by Crippen LogP contribution is 2.26. The van der Waals surface area contributed by atoms with E-state index in [1.54, 1.807) is 21.6 Å². The molecule has 3 amide bonds. The Labute approximate surface area is 147 Å². The lowest BCUT2D eigenvalue weighted by atomic mass is 10.1. The number of benzene rings is 1. The number of para-hydroxylation sites is 1. The Morgan fingerprint density at radius 1 is 1.04 bits per heavy atom. The molecule has 25 heavy (non-hydrogen) atoms. The molecule has 2 fully saturated rings. The van der Waals surface area contributed by atoms with E-state index in [-0.39, 0.29) is 17.9 Å². The van der Waals surface area contributed by atoms with E-state index in [0.717, 1.165) is 5.69 Å². The van der Waals surface area contributed by atoms with Crippen LogP contribution in [0.25, 0.3) is 0 Å². The number of piperazine rings is 1. The van der Waals surface area contributed by atoms with Crippen LogP contribution in [-0.4, -0.2) is 67.0 Å². The van der Waals surface area contributed by atoms with E-state index in [4.69, 9.17) is 4.74 Å². The third-order valence-electron chi connectivity index (χ3n) is 4.69. The van der Waals surface area contributed by atoms with Crippen LogP contribution < -0.4 is 4.90 Å². The van der Waals surface area contributed by atoms with E-state index in [9.17, 15) is 14.4 Å². The fourth-order valence-corrected chi connectivity index (χ4v) is 3.32. The number of rotatable bonds is 3. The molecule has 0 N–H and O–H groups in total. The molecule has 7 heteroatoms. The molecule has 0 bridgehead atoms. The predicted molar refractivity (Wildman–Crippen MR) is 92.1 cm³/mol. The number of anilines is 1. The van der Waals surface area contributed by atoms with Gasteiger partial charge in [-0.3, -0.25) is 9.59 Å². The second-order valence-electron chi connectivity index (χ2n) is 6.18. The predicted octanol–water partition coefficient (Wildman–Crippen LogP) is 1.34. The van der Waals surface area contributed by atoms with Gasteiger partial charge in [0.25, 0.3) is 0 Å². The van der Waals surface area contributed by atoms with Crippen LogP contribution in [0.4, 0.5) is 10.5 Å². The Bertz CT molecular complexity index is 641. The van der Waals surface area contributed by atoms with Gasteiger partial charge in [-0.2, -0.15) is 0 Å². The van der Waals surface area contributed by atoms with Gasteiger partial charge in [0.05, 0.1) is 6.61 Å². The van der Waals surface area contributed by atoms with Gasteiger partial charge in [0, 0.05) is 38.4 Å². The lowest BCUT2D eigenvalue weighted by molar-refractivity contribution is -0.141. The smallest absolute Gasteiger partial charge is 0.409 e. The maximum atomic E-state index is 12.7. The van der Waals surface area contributed by atoms with Crippen molar-refractivity contribution in [1.82, 2.24) is 9.80 Å². The second kappa shape index (κ2) is 7.55. The second-order valence-corrected chi connectivity index (χ2v) is 6.18. The maximum absolute atomic E-state index is 12.7. The van der Waals surface area contributed by atoms with E-state index < -0.39 is 5.92 Å². The molecule has 2 aliphatic heterocycles. The highest BCUT2D eigenvalue weighted by molar-refractivity contribution is 6.09. The normalized spacial score (nSPS) is 20.8. The minimum Gasteiger partial charge on any atom is -0.450 e. The quantitative estimate of drug-likeness (QED) is 0.775. The molecule has 0 aromatic heterocycles. The molecule has 0 aliphatic carbocycles. The molecule has 1 atom stereocenters. The van der Waals surface area contributed by atoms with E-state index >= 15 is 0 Å². The Hall–Kier alpha value is -2.57. The minimum absolute atomic E-state index is 0.132. The Kier molecular flexibility index (Phi) is 5.21. The summed E-state index contributed by atoms with van der Waals surface area (Å²) in [6.07, 6.45) is 0.187. The number of hydrogen-bond donors (Lipinski definition) is 0. The van der Waals surface area contributed by atoms with Gasteiger partial charge in [-0.1, -0.05) is 18.2 Å². The summed E-state index contributed by atoms with van der Waals surface area (Å²) >= 11 is 0. The number of carbonyl (C=O) groups excluding carboxylic acids is 3. The topological polar surface area (TPSA) is 70.2 Å². The van der Waals surface area contributed by atoms with E-state index in [2.05, 4.69) is 0 Å². The first-order chi connectivity index (χ1) is 12.1. The van der Waals surface area contributed by atoms with Crippen molar-refractivity contribution in [3.8, 4) is 0 Å². The van der Waals surface area contributed by atoms with Crippen LogP contribution in [0.1, 0.15) is 13.3 Å². The molecule has 1 unspecified atom stereocenters. The van der Waals surface area contributed by atoms with Crippen LogP contribution in [0.3, 0.4) is 0 Å². The number of amides is 3. The molecule has 0 spiro atoms. The maximum Gasteiger partial charge on any atom is 0.409 e. The largest absolute Gasteiger partial charge is 0.450 e. The number of carbonyl (C=O) groups is 3. The van der Waals surface area contributed by atoms with E-state index in [1.165, 1.54) is 0 Å². The highest BCUT2D eigenvalue weighted by Gasteiger charge is 2.40. The zero-order valence-corrected chi connectivity index (χ0v) is 14.4. The number of hydrogen-bond acceptors (Lipinski definition) is 4.